The van der Waals surface area contributed by atoms with Gasteiger partial charge in [0.1, 0.15) is 17.5 Å². The Morgan fingerprint density at radius 3 is 2.29 bits per heavy atom. The molecule has 0 aromatic heterocycles. The predicted molar refractivity (Wildman–Crippen MR) is 64.8 cm³/mol. The third-order valence-electron chi connectivity index (χ3n) is 2.08. The third-order valence-corrected chi connectivity index (χ3v) is 2.08. The van der Waals surface area contributed by atoms with E-state index in [0.29, 0.717) is 5.71 Å². The lowest BCUT2D eigenvalue weighted by molar-refractivity contribution is 0.584. The molecule has 5 heteroatoms. The van der Waals surface area contributed by atoms with E-state index in [1.54, 1.807) is 0 Å². The first-order chi connectivity index (χ1) is 7.88. The highest BCUT2D eigenvalue weighted by molar-refractivity contribution is 5.94. The van der Waals surface area contributed by atoms with Gasteiger partial charge in [-0.15, -0.1) is 0 Å². The predicted octanol–water partition coefficient (Wildman–Crippen LogP) is 2.85. The van der Waals surface area contributed by atoms with E-state index < -0.39 is 11.6 Å². The Labute approximate surface area is 98.8 Å². The average Bonchev–Trinajstić information content (AvgIpc) is 2.14. The molecule has 1 rings (SSSR count). The monoisotopic (exact) mass is 239 g/mol. The number of hydrogen-bond acceptors (Lipinski definition) is 3. The second-order valence-electron chi connectivity index (χ2n) is 3.99. The zero-order chi connectivity index (χ0) is 13.0. The molecule has 0 spiro atoms. The highest BCUT2D eigenvalue weighted by Gasteiger charge is 2.03. The molecule has 92 valence electrons. The molecule has 0 amide bonds. The maximum absolute atomic E-state index is 12.9. The summed E-state index contributed by atoms with van der Waals surface area (Å²) in [6.45, 7) is 3.71. The second-order valence-corrected chi connectivity index (χ2v) is 3.99. The average molecular weight is 239 g/mol. The Morgan fingerprint density at radius 1 is 1.29 bits per heavy atom. The number of rotatable bonds is 4. The fourth-order valence-corrected chi connectivity index (χ4v) is 1.16. The van der Waals surface area contributed by atoms with Gasteiger partial charge in [-0.05, 0) is 24.1 Å². The standard InChI is InChI=1S/C12H15F2N3/c1-7(2)11(15)6-12(16)17-10-4-8(13)3-9(14)5-10/h3-7,15,17H,16H2,1-2H3/b12-6-,15-11?. The van der Waals surface area contributed by atoms with Crippen LogP contribution in [0.4, 0.5) is 14.5 Å². The minimum absolute atomic E-state index is 0.0413. The molecule has 0 saturated heterocycles. The zero-order valence-electron chi connectivity index (χ0n) is 9.72. The number of hydrogen-bond donors (Lipinski definition) is 3. The Morgan fingerprint density at radius 2 is 1.82 bits per heavy atom. The van der Waals surface area contributed by atoms with Crippen molar-refractivity contribution < 1.29 is 8.78 Å². The smallest absolute Gasteiger partial charge is 0.128 e. The van der Waals surface area contributed by atoms with Crippen LogP contribution in [0.1, 0.15) is 13.8 Å². The van der Waals surface area contributed by atoms with Crippen LogP contribution < -0.4 is 11.1 Å². The van der Waals surface area contributed by atoms with Crippen LogP contribution in [-0.2, 0) is 0 Å². The molecule has 0 unspecified atom stereocenters. The number of nitrogens with one attached hydrogen (secondary N) is 2. The van der Waals surface area contributed by atoms with Crippen LogP contribution in [0.3, 0.4) is 0 Å². The largest absolute Gasteiger partial charge is 0.385 e. The zero-order valence-corrected chi connectivity index (χ0v) is 9.72. The number of anilines is 1. The van der Waals surface area contributed by atoms with Gasteiger partial charge in [-0.2, -0.15) is 0 Å². The summed E-state index contributed by atoms with van der Waals surface area (Å²) in [4.78, 5) is 0. The van der Waals surface area contributed by atoms with Crippen molar-refractivity contribution in [3.05, 3.63) is 41.7 Å². The minimum atomic E-state index is -0.681. The van der Waals surface area contributed by atoms with E-state index in [1.807, 2.05) is 13.8 Å². The van der Waals surface area contributed by atoms with Crippen molar-refractivity contribution in [1.82, 2.24) is 0 Å². The van der Waals surface area contributed by atoms with Gasteiger partial charge in [0.05, 0.1) is 0 Å². The summed E-state index contributed by atoms with van der Waals surface area (Å²) in [6.07, 6.45) is 1.42. The van der Waals surface area contributed by atoms with Crippen LogP contribution in [0.2, 0.25) is 0 Å². The number of benzene rings is 1. The SMILES string of the molecule is CC(C)C(=N)/C=C(/N)Nc1cc(F)cc(F)c1. The van der Waals surface area contributed by atoms with Gasteiger partial charge in [-0.1, -0.05) is 13.8 Å². The van der Waals surface area contributed by atoms with Crippen LogP contribution in [0, 0.1) is 23.0 Å². The molecule has 17 heavy (non-hydrogen) atoms. The van der Waals surface area contributed by atoms with E-state index in [0.717, 1.165) is 18.2 Å². The highest BCUT2D eigenvalue weighted by atomic mass is 19.1. The fraction of sp³-hybridized carbons (Fsp3) is 0.250. The number of nitrogens with two attached hydrogens (primary N) is 1. The van der Waals surface area contributed by atoms with Crippen molar-refractivity contribution in [3.63, 3.8) is 0 Å². The molecule has 1 aromatic rings. The molecule has 0 fully saturated rings. The number of halogens is 2. The molecule has 1 aromatic carbocycles. The van der Waals surface area contributed by atoms with Gasteiger partial charge in [-0.25, -0.2) is 8.78 Å². The number of allylic oxidation sites excluding steroid dienone is 1. The van der Waals surface area contributed by atoms with Crippen LogP contribution >= 0.6 is 0 Å². The first-order valence-electron chi connectivity index (χ1n) is 5.17. The summed E-state index contributed by atoms with van der Waals surface area (Å²) in [7, 11) is 0. The van der Waals surface area contributed by atoms with Gasteiger partial charge >= 0.3 is 0 Å². The molecule has 0 atom stereocenters. The minimum Gasteiger partial charge on any atom is -0.385 e. The summed E-state index contributed by atoms with van der Waals surface area (Å²) in [5, 5.41) is 10.2. The molecule has 0 saturated carbocycles. The fourth-order valence-electron chi connectivity index (χ4n) is 1.16. The molecular formula is C12H15F2N3. The van der Waals surface area contributed by atoms with Crippen molar-refractivity contribution in [1.29, 1.82) is 5.41 Å². The quantitative estimate of drug-likeness (QED) is 0.707. The first kappa shape index (κ1) is 13.2. The van der Waals surface area contributed by atoms with Crippen molar-refractivity contribution in [2.24, 2.45) is 11.7 Å². The first-order valence-corrected chi connectivity index (χ1v) is 5.17. The van der Waals surface area contributed by atoms with Gasteiger partial charge in [0.2, 0.25) is 0 Å². The van der Waals surface area contributed by atoms with Gasteiger partial charge in [0.15, 0.2) is 0 Å². The van der Waals surface area contributed by atoms with Crippen molar-refractivity contribution in [2.45, 2.75) is 13.8 Å². The lowest BCUT2D eigenvalue weighted by Crippen LogP contribution is -2.13. The van der Waals surface area contributed by atoms with E-state index in [4.69, 9.17) is 11.1 Å². The van der Waals surface area contributed by atoms with Crippen LogP contribution in [0.25, 0.3) is 0 Å². The maximum atomic E-state index is 12.9. The maximum Gasteiger partial charge on any atom is 0.128 e. The topological polar surface area (TPSA) is 61.9 Å². The molecule has 0 heterocycles. The normalized spacial score (nSPS) is 11.7. The van der Waals surface area contributed by atoms with Gasteiger partial charge in [-0.3, -0.25) is 0 Å². The Hall–Kier alpha value is -1.91. The molecular weight excluding hydrogens is 224 g/mol. The van der Waals surface area contributed by atoms with Gasteiger partial charge in [0, 0.05) is 17.5 Å². The van der Waals surface area contributed by atoms with E-state index in [9.17, 15) is 8.78 Å². The summed E-state index contributed by atoms with van der Waals surface area (Å²) < 4.78 is 25.8. The van der Waals surface area contributed by atoms with Crippen molar-refractivity contribution in [2.75, 3.05) is 5.32 Å². The molecule has 0 aliphatic heterocycles. The van der Waals surface area contributed by atoms with E-state index >= 15 is 0 Å². The van der Waals surface area contributed by atoms with Gasteiger partial charge in [0.25, 0.3) is 0 Å². The summed E-state index contributed by atoms with van der Waals surface area (Å²) in [5.74, 6) is -1.15. The van der Waals surface area contributed by atoms with Crippen LogP contribution in [0.5, 0.6) is 0 Å². The second kappa shape index (κ2) is 5.43. The summed E-state index contributed by atoms with van der Waals surface area (Å²) in [5.41, 5.74) is 6.16. The third kappa shape index (κ3) is 4.22. The molecule has 3 nitrogen and oxygen atoms in total. The Kier molecular flexibility index (Phi) is 4.20. The van der Waals surface area contributed by atoms with Crippen molar-refractivity contribution >= 4 is 11.4 Å². The van der Waals surface area contributed by atoms with E-state index in [-0.39, 0.29) is 17.4 Å². The molecule has 0 aliphatic rings. The molecule has 0 radical (unpaired) electrons. The lowest BCUT2D eigenvalue weighted by atomic mass is 10.1. The van der Waals surface area contributed by atoms with E-state index in [1.165, 1.54) is 6.08 Å². The molecule has 0 aliphatic carbocycles. The van der Waals surface area contributed by atoms with Gasteiger partial charge < -0.3 is 16.5 Å². The van der Waals surface area contributed by atoms with Crippen LogP contribution in [-0.4, -0.2) is 5.71 Å². The highest BCUT2D eigenvalue weighted by Crippen LogP contribution is 2.13. The van der Waals surface area contributed by atoms with E-state index in [2.05, 4.69) is 5.32 Å². The molecule has 0 bridgehead atoms. The summed E-state index contributed by atoms with van der Waals surface area (Å²) >= 11 is 0. The Balaban J connectivity index is 2.80. The molecule has 4 N–H and O–H groups in total. The van der Waals surface area contributed by atoms with Crippen molar-refractivity contribution in [3.8, 4) is 0 Å². The Bertz CT molecular complexity index is 433. The lowest BCUT2D eigenvalue weighted by Gasteiger charge is -2.08. The van der Waals surface area contributed by atoms with Crippen LogP contribution in [0.15, 0.2) is 30.1 Å². The summed E-state index contributed by atoms with van der Waals surface area (Å²) in [6, 6.07) is 3.03.